The molecule has 182 valence electrons. The Labute approximate surface area is 208 Å². The van der Waals surface area contributed by atoms with Gasteiger partial charge < -0.3 is 14.9 Å². The van der Waals surface area contributed by atoms with Crippen LogP contribution in [0.3, 0.4) is 0 Å². The van der Waals surface area contributed by atoms with Gasteiger partial charge in [0.25, 0.3) is 5.91 Å². The van der Waals surface area contributed by atoms with Gasteiger partial charge in [0.1, 0.15) is 12.1 Å². The van der Waals surface area contributed by atoms with Crippen molar-refractivity contribution in [1.29, 1.82) is 0 Å². The van der Waals surface area contributed by atoms with Crippen LogP contribution in [0.25, 0.3) is 27.8 Å². The quantitative estimate of drug-likeness (QED) is 0.351. The van der Waals surface area contributed by atoms with Gasteiger partial charge in [-0.15, -0.1) is 0 Å². The van der Waals surface area contributed by atoms with Gasteiger partial charge in [0, 0.05) is 30.0 Å². The van der Waals surface area contributed by atoms with Gasteiger partial charge in [-0.3, -0.25) is 9.36 Å². The summed E-state index contributed by atoms with van der Waals surface area (Å²) in [7, 11) is 1.71. The summed E-state index contributed by atoms with van der Waals surface area (Å²) in [6.07, 6.45) is 1.49. The van der Waals surface area contributed by atoms with Crippen molar-refractivity contribution < 1.29 is 13.7 Å². The minimum Gasteiger partial charge on any atom is -0.610 e. The zero-order valence-electron chi connectivity index (χ0n) is 19.7. The molecule has 0 aliphatic rings. The van der Waals surface area contributed by atoms with E-state index in [1.54, 1.807) is 17.7 Å². The van der Waals surface area contributed by atoms with E-state index in [9.17, 15) is 18.5 Å². The van der Waals surface area contributed by atoms with Crippen molar-refractivity contribution in [3.05, 3.63) is 94.3 Å². The van der Waals surface area contributed by atoms with Crippen LogP contribution in [0.1, 0.15) is 16.1 Å². The van der Waals surface area contributed by atoms with Crippen molar-refractivity contribution >= 4 is 33.8 Å². The maximum absolute atomic E-state index is 13.3. The molecule has 0 radical (unpaired) electrons. The lowest BCUT2D eigenvalue weighted by molar-refractivity contribution is 0.102. The summed E-state index contributed by atoms with van der Waals surface area (Å²) < 4.78 is 28.5. The monoisotopic (exact) mass is 503 g/mol. The second-order valence-corrected chi connectivity index (χ2v) is 9.74. The molecule has 2 heterocycles. The highest BCUT2D eigenvalue weighted by Crippen LogP contribution is 2.29. The molecule has 0 aliphatic carbocycles. The summed E-state index contributed by atoms with van der Waals surface area (Å²) in [5, 5.41) is 7.49. The van der Waals surface area contributed by atoms with Crippen molar-refractivity contribution in [2.75, 3.05) is 11.6 Å². The van der Waals surface area contributed by atoms with E-state index in [1.165, 1.54) is 41.3 Å². The Kier molecular flexibility index (Phi) is 5.99. The summed E-state index contributed by atoms with van der Waals surface area (Å²) in [5.74, 6) is -0.879. The summed E-state index contributed by atoms with van der Waals surface area (Å²) in [6.45, 7) is 1.96. The molecule has 2 N–H and O–H groups in total. The second kappa shape index (κ2) is 9.14. The highest BCUT2D eigenvalue weighted by Gasteiger charge is 2.22. The molecule has 0 bridgehead atoms. The van der Waals surface area contributed by atoms with Crippen molar-refractivity contribution in [2.24, 2.45) is 7.05 Å². The summed E-state index contributed by atoms with van der Waals surface area (Å²) in [6, 6.07) is 18.3. The van der Waals surface area contributed by atoms with Crippen LogP contribution in [0.4, 0.5) is 10.1 Å². The first-order valence-corrected chi connectivity index (χ1v) is 12.6. The molecule has 8 nitrogen and oxygen atoms in total. The number of imidazole rings is 1. The lowest BCUT2D eigenvalue weighted by Crippen LogP contribution is -2.13. The molecule has 2 aromatic heterocycles. The molecule has 5 rings (SSSR count). The molecule has 1 amide bonds. The van der Waals surface area contributed by atoms with Gasteiger partial charge >= 0.3 is 5.69 Å². The Balaban J connectivity index is 1.46. The largest absolute Gasteiger partial charge is 0.610 e. The van der Waals surface area contributed by atoms with Crippen LogP contribution in [0.2, 0.25) is 0 Å². The van der Waals surface area contributed by atoms with E-state index in [-0.39, 0.29) is 11.4 Å². The maximum atomic E-state index is 13.3. The Morgan fingerprint density at radius 3 is 2.56 bits per heavy atom. The molecular weight excluding hydrogens is 481 g/mol. The van der Waals surface area contributed by atoms with Crippen LogP contribution in [0.5, 0.6) is 0 Å². The van der Waals surface area contributed by atoms with Gasteiger partial charge in [-0.2, -0.15) is 9.78 Å². The Morgan fingerprint density at radius 1 is 1.08 bits per heavy atom. The summed E-state index contributed by atoms with van der Waals surface area (Å²) in [4.78, 5) is 27.8. The van der Waals surface area contributed by atoms with Gasteiger partial charge in [0.05, 0.1) is 16.7 Å². The Morgan fingerprint density at radius 2 is 1.83 bits per heavy atom. The SMILES string of the molecule is Cc1ccc(NC(=O)c2cc([S+](C)[O-])n(-c3ccc(F)cc3)n2)cc1-c1ccc2c(c1)[nH]c(=O)n2C. The molecule has 0 saturated carbocycles. The van der Waals surface area contributed by atoms with E-state index in [1.807, 2.05) is 37.3 Å². The fraction of sp³-hybridized carbons (Fsp3) is 0.115. The number of aryl methyl sites for hydroxylation is 2. The predicted octanol–water partition coefficient (Wildman–Crippen LogP) is 4.16. The number of aromatic amines is 1. The molecule has 1 unspecified atom stereocenters. The number of amides is 1. The van der Waals surface area contributed by atoms with E-state index in [0.717, 1.165) is 27.7 Å². The van der Waals surface area contributed by atoms with Crippen LogP contribution in [0, 0.1) is 12.7 Å². The molecule has 0 fully saturated rings. The number of hydrogen-bond acceptors (Lipinski definition) is 4. The molecule has 1 atom stereocenters. The topological polar surface area (TPSA) is 108 Å². The smallest absolute Gasteiger partial charge is 0.326 e. The minimum atomic E-state index is -1.43. The van der Waals surface area contributed by atoms with Crippen LogP contribution in [0.15, 0.2) is 76.6 Å². The van der Waals surface area contributed by atoms with Crippen LogP contribution < -0.4 is 11.0 Å². The first kappa shape index (κ1) is 23.6. The van der Waals surface area contributed by atoms with E-state index < -0.39 is 22.9 Å². The first-order valence-electron chi connectivity index (χ1n) is 11.0. The average molecular weight is 504 g/mol. The van der Waals surface area contributed by atoms with Crippen LogP contribution in [-0.4, -0.2) is 36.0 Å². The lowest BCUT2D eigenvalue weighted by Gasteiger charge is -2.10. The number of benzene rings is 3. The van der Waals surface area contributed by atoms with E-state index in [2.05, 4.69) is 15.4 Å². The standard InChI is InChI=1S/C26H22FN5O3S/c1-15-4-8-18(13-20(15)16-5-11-23-21(12-16)29-26(34)31(23)2)28-25(33)22-14-24(36(3)35)32(30-22)19-9-6-17(27)7-10-19/h4-14H,1-3H3,(H,28,33)(H,29,34). The Bertz CT molecular complexity index is 1670. The van der Waals surface area contributed by atoms with Crippen molar-refractivity contribution in [1.82, 2.24) is 19.3 Å². The molecule has 36 heavy (non-hydrogen) atoms. The third-order valence-electron chi connectivity index (χ3n) is 5.99. The van der Waals surface area contributed by atoms with Crippen molar-refractivity contribution in [3.8, 4) is 16.8 Å². The molecule has 0 aliphatic heterocycles. The van der Waals surface area contributed by atoms with Gasteiger partial charge in [-0.25, -0.2) is 9.18 Å². The third-order valence-corrected chi connectivity index (χ3v) is 6.87. The minimum absolute atomic E-state index is 0.0786. The number of anilines is 1. The highest BCUT2D eigenvalue weighted by atomic mass is 32.2. The zero-order chi connectivity index (χ0) is 25.6. The molecule has 3 aromatic carbocycles. The van der Waals surface area contributed by atoms with Gasteiger partial charge in [0.15, 0.2) is 5.69 Å². The number of fused-ring (bicyclic) bond motifs is 1. The highest BCUT2D eigenvalue weighted by molar-refractivity contribution is 7.90. The van der Waals surface area contributed by atoms with Gasteiger partial charge in [0.2, 0.25) is 5.03 Å². The number of carbonyl (C=O) groups is 1. The van der Waals surface area contributed by atoms with Crippen molar-refractivity contribution in [3.63, 3.8) is 0 Å². The molecule has 0 spiro atoms. The average Bonchev–Trinajstić information content (AvgIpc) is 3.42. The molecular formula is C26H22FN5O3S. The lowest BCUT2D eigenvalue weighted by atomic mass is 9.99. The summed E-state index contributed by atoms with van der Waals surface area (Å²) in [5.41, 5.74) is 5.24. The number of hydrogen-bond donors (Lipinski definition) is 2. The second-order valence-electron chi connectivity index (χ2n) is 8.42. The first-order chi connectivity index (χ1) is 17.2. The predicted molar refractivity (Wildman–Crippen MR) is 138 cm³/mol. The van der Waals surface area contributed by atoms with E-state index >= 15 is 0 Å². The number of aromatic nitrogens is 4. The molecule has 5 aromatic rings. The fourth-order valence-corrected chi connectivity index (χ4v) is 4.72. The number of carbonyl (C=O) groups excluding carboxylic acids is 1. The number of halogens is 1. The Hall–Kier alpha value is -4.15. The number of H-pyrrole nitrogens is 1. The summed E-state index contributed by atoms with van der Waals surface area (Å²) >= 11 is -1.43. The normalized spacial score (nSPS) is 12.1. The fourth-order valence-electron chi connectivity index (χ4n) is 4.06. The van der Waals surface area contributed by atoms with Gasteiger partial charge in [-0.05, 0) is 72.1 Å². The van der Waals surface area contributed by atoms with E-state index in [0.29, 0.717) is 16.4 Å². The van der Waals surface area contributed by atoms with Crippen molar-refractivity contribution in [2.45, 2.75) is 11.9 Å². The maximum Gasteiger partial charge on any atom is 0.326 e. The molecule has 10 heteroatoms. The van der Waals surface area contributed by atoms with Crippen LogP contribution >= 0.6 is 0 Å². The van der Waals surface area contributed by atoms with E-state index in [4.69, 9.17) is 0 Å². The molecule has 0 saturated heterocycles. The third kappa shape index (κ3) is 4.32. The van der Waals surface area contributed by atoms with Gasteiger partial charge in [-0.1, -0.05) is 12.1 Å². The number of nitrogens with one attached hydrogen (secondary N) is 2. The number of rotatable bonds is 5. The zero-order valence-corrected chi connectivity index (χ0v) is 20.5. The van der Waals surface area contributed by atoms with Crippen LogP contribution in [-0.2, 0) is 18.2 Å². The number of nitrogens with zero attached hydrogens (tertiary/aromatic N) is 3.